The zero-order valence-electron chi connectivity index (χ0n) is 8.87. The highest BCUT2D eigenvalue weighted by Crippen LogP contribution is 2.08. The van der Waals surface area contributed by atoms with Crippen LogP contribution in [0.5, 0.6) is 0 Å². The van der Waals surface area contributed by atoms with Crippen LogP contribution < -0.4 is 5.32 Å². The van der Waals surface area contributed by atoms with E-state index in [-0.39, 0.29) is 6.03 Å². The van der Waals surface area contributed by atoms with Gasteiger partial charge < -0.3 is 15.1 Å². The lowest BCUT2D eigenvalue weighted by Crippen LogP contribution is -2.58. The van der Waals surface area contributed by atoms with E-state index in [2.05, 4.69) is 19.2 Å². The van der Waals surface area contributed by atoms with Gasteiger partial charge in [-0.1, -0.05) is 0 Å². The van der Waals surface area contributed by atoms with Crippen molar-refractivity contribution in [2.45, 2.75) is 25.9 Å². The van der Waals surface area contributed by atoms with Gasteiger partial charge in [0.05, 0.1) is 0 Å². The van der Waals surface area contributed by atoms with Gasteiger partial charge in [0.15, 0.2) is 0 Å². The highest BCUT2D eigenvalue weighted by molar-refractivity contribution is 5.74. The Labute approximate surface area is 79.9 Å². The molecule has 0 saturated carbocycles. The average molecular weight is 185 g/mol. The second-order valence-corrected chi connectivity index (χ2v) is 3.99. The quantitative estimate of drug-likeness (QED) is 0.591. The third-order valence-corrected chi connectivity index (χ3v) is 2.39. The topological polar surface area (TPSA) is 35.6 Å². The highest BCUT2D eigenvalue weighted by Gasteiger charge is 2.27. The minimum absolute atomic E-state index is 0.112. The Balaban J connectivity index is 2.60. The predicted octanol–water partition coefficient (Wildman–Crippen LogP) is 0.350. The molecule has 1 fully saturated rings. The maximum atomic E-state index is 11.7. The molecule has 2 amide bonds. The molecule has 2 atom stereocenters. The van der Waals surface area contributed by atoms with Crippen molar-refractivity contribution >= 4 is 6.03 Å². The predicted molar refractivity (Wildman–Crippen MR) is 52.7 cm³/mol. The molecule has 0 radical (unpaired) electrons. The molecule has 76 valence electrons. The molecule has 1 aliphatic rings. The SMILES string of the molecule is C[C@H]1CN(C(=O)N(C)C)[C@@H](C)CN1. The van der Waals surface area contributed by atoms with Crippen molar-refractivity contribution in [2.75, 3.05) is 27.2 Å². The number of amides is 2. The van der Waals surface area contributed by atoms with Crippen LogP contribution in [-0.2, 0) is 0 Å². The van der Waals surface area contributed by atoms with Crippen LogP contribution in [0.3, 0.4) is 0 Å². The lowest BCUT2D eigenvalue weighted by atomic mass is 10.1. The van der Waals surface area contributed by atoms with Gasteiger partial charge in [0.25, 0.3) is 0 Å². The third kappa shape index (κ3) is 2.34. The van der Waals surface area contributed by atoms with E-state index in [0.29, 0.717) is 12.1 Å². The van der Waals surface area contributed by atoms with E-state index in [1.165, 1.54) is 0 Å². The summed E-state index contributed by atoms with van der Waals surface area (Å²) in [5.74, 6) is 0. The molecule has 4 nitrogen and oxygen atoms in total. The molecule has 0 aromatic carbocycles. The second-order valence-electron chi connectivity index (χ2n) is 3.99. The molecule has 1 heterocycles. The molecule has 0 unspecified atom stereocenters. The van der Waals surface area contributed by atoms with E-state index in [1.807, 2.05) is 4.90 Å². The maximum Gasteiger partial charge on any atom is 0.319 e. The summed E-state index contributed by atoms with van der Waals surface area (Å²) in [7, 11) is 3.59. The first-order valence-electron chi connectivity index (χ1n) is 4.73. The Morgan fingerprint density at radius 3 is 2.62 bits per heavy atom. The second kappa shape index (κ2) is 3.96. The fourth-order valence-corrected chi connectivity index (χ4v) is 1.54. The number of nitrogens with one attached hydrogen (secondary N) is 1. The molecular formula is C9H19N3O. The lowest BCUT2D eigenvalue weighted by Gasteiger charge is -2.38. The minimum atomic E-state index is 0.112. The smallest absolute Gasteiger partial charge is 0.319 e. The van der Waals surface area contributed by atoms with Crippen molar-refractivity contribution in [3.63, 3.8) is 0 Å². The van der Waals surface area contributed by atoms with E-state index in [9.17, 15) is 4.79 Å². The van der Waals surface area contributed by atoms with E-state index >= 15 is 0 Å². The van der Waals surface area contributed by atoms with Crippen LogP contribution in [0.4, 0.5) is 4.79 Å². The number of rotatable bonds is 0. The van der Waals surface area contributed by atoms with E-state index < -0.39 is 0 Å². The summed E-state index contributed by atoms with van der Waals surface area (Å²) in [5, 5.41) is 3.34. The number of hydrogen-bond donors (Lipinski definition) is 1. The number of hydrogen-bond acceptors (Lipinski definition) is 2. The summed E-state index contributed by atoms with van der Waals surface area (Å²) in [6.45, 7) is 5.86. The molecule has 1 aliphatic heterocycles. The first-order valence-corrected chi connectivity index (χ1v) is 4.73. The van der Waals surface area contributed by atoms with Gasteiger partial charge >= 0.3 is 6.03 Å². The van der Waals surface area contributed by atoms with E-state index in [4.69, 9.17) is 0 Å². The van der Waals surface area contributed by atoms with Crippen molar-refractivity contribution in [2.24, 2.45) is 0 Å². The summed E-state index contributed by atoms with van der Waals surface area (Å²) < 4.78 is 0. The highest BCUT2D eigenvalue weighted by atomic mass is 16.2. The van der Waals surface area contributed by atoms with Gasteiger partial charge in [-0.15, -0.1) is 0 Å². The van der Waals surface area contributed by atoms with Crippen LogP contribution in [0.15, 0.2) is 0 Å². The van der Waals surface area contributed by atoms with Crippen molar-refractivity contribution in [3.05, 3.63) is 0 Å². The minimum Gasteiger partial charge on any atom is -0.331 e. The Bertz CT molecular complexity index is 193. The molecular weight excluding hydrogens is 166 g/mol. The maximum absolute atomic E-state index is 11.7. The van der Waals surface area contributed by atoms with Gasteiger partial charge in [0.1, 0.15) is 0 Å². The fraction of sp³-hybridized carbons (Fsp3) is 0.889. The first kappa shape index (κ1) is 10.3. The molecule has 0 bridgehead atoms. The Hall–Kier alpha value is -0.770. The van der Waals surface area contributed by atoms with Gasteiger partial charge in [-0.2, -0.15) is 0 Å². The summed E-state index contributed by atoms with van der Waals surface area (Å²) in [6, 6.07) is 0.812. The van der Waals surface area contributed by atoms with Crippen molar-refractivity contribution in [1.29, 1.82) is 0 Å². The monoisotopic (exact) mass is 185 g/mol. The van der Waals surface area contributed by atoms with E-state index in [1.54, 1.807) is 19.0 Å². The molecule has 13 heavy (non-hydrogen) atoms. The molecule has 1 rings (SSSR count). The summed E-state index contributed by atoms with van der Waals surface area (Å²) in [5.41, 5.74) is 0. The number of nitrogens with zero attached hydrogens (tertiary/aromatic N) is 2. The number of piperazine rings is 1. The zero-order chi connectivity index (χ0) is 10.0. The Kier molecular flexibility index (Phi) is 3.14. The lowest BCUT2D eigenvalue weighted by molar-refractivity contribution is 0.128. The van der Waals surface area contributed by atoms with Crippen LogP contribution in [0.1, 0.15) is 13.8 Å². The molecule has 0 aliphatic carbocycles. The summed E-state index contributed by atoms with van der Waals surface area (Å²) in [6.07, 6.45) is 0. The summed E-state index contributed by atoms with van der Waals surface area (Å²) in [4.78, 5) is 15.2. The first-order chi connectivity index (χ1) is 6.02. The number of carbonyl (C=O) groups excluding carboxylic acids is 1. The molecule has 0 aromatic rings. The molecule has 0 spiro atoms. The summed E-state index contributed by atoms with van der Waals surface area (Å²) >= 11 is 0. The van der Waals surface area contributed by atoms with Gasteiger partial charge in [0, 0.05) is 39.3 Å². The van der Waals surface area contributed by atoms with Gasteiger partial charge in [-0.05, 0) is 13.8 Å². The molecule has 1 saturated heterocycles. The van der Waals surface area contributed by atoms with Crippen molar-refractivity contribution in [1.82, 2.24) is 15.1 Å². The average Bonchev–Trinajstić information content (AvgIpc) is 2.08. The Morgan fingerprint density at radius 1 is 1.46 bits per heavy atom. The van der Waals surface area contributed by atoms with Crippen molar-refractivity contribution in [3.8, 4) is 0 Å². The number of carbonyl (C=O) groups is 1. The fourth-order valence-electron chi connectivity index (χ4n) is 1.54. The van der Waals surface area contributed by atoms with Gasteiger partial charge in [-0.25, -0.2) is 4.79 Å². The van der Waals surface area contributed by atoms with Gasteiger partial charge in [0.2, 0.25) is 0 Å². The van der Waals surface area contributed by atoms with Crippen LogP contribution in [0.2, 0.25) is 0 Å². The van der Waals surface area contributed by atoms with Crippen LogP contribution in [0.25, 0.3) is 0 Å². The molecule has 0 aromatic heterocycles. The molecule has 1 N–H and O–H groups in total. The Morgan fingerprint density at radius 2 is 2.08 bits per heavy atom. The van der Waals surface area contributed by atoms with Crippen molar-refractivity contribution < 1.29 is 4.79 Å². The van der Waals surface area contributed by atoms with Crippen LogP contribution in [0, 0.1) is 0 Å². The standard InChI is InChI=1S/C9H19N3O/c1-7-6-12(8(2)5-10-7)9(13)11(3)4/h7-8,10H,5-6H2,1-4H3/t7-,8-/m0/s1. The van der Waals surface area contributed by atoms with Gasteiger partial charge in [-0.3, -0.25) is 0 Å². The van der Waals surface area contributed by atoms with Crippen LogP contribution in [-0.4, -0.2) is 55.1 Å². The molecule has 4 heteroatoms. The number of urea groups is 1. The third-order valence-electron chi connectivity index (χ3n) is 2.39. The zero-order valence-corrected chi connectivity index (χ0v) is 8.87. The van der Waals surface area contributed by atoms with Crippen LogP contribution >= 0.6 is 0 Å². The van der Waals surface area contributed by atoms with E-state index in [0.717, 1.165) is 13.1 Å². The largest absolute Gasteiger partial charge is 0.331 e. The normalized spacial score (nSPS) is 28.8.